The number of furan rings is 1. The van der Waals surface area contributed by atoms with Gasteiger partial charge >= 0.3 is 0 Å². The molecule has 0 N–H and O–H groups in total. The lowest BCUT2D eigenvalue weighted by atomic mass is 10.1. The molecule has 1 unspecified atom stereocenters. The van der Waals surface area contributed by atoms with E-state index in [4.69, 9.17) is 9.40 Å². The van der Waals surface area contributed by atoms with Crippen molar-refractivity contribution in [2.24, 2.45) is 0 Å². The van der Waals surface area contributed by atoms with Crippen LogP contribution >= 0.6 is 0 Å². The van der Waals surface area contributed by atoms with Crippen molar-refractivity contribution in [3.8, 4) is 11.5 Å². The zero-order chi connectivity index (χ0) is 22.2. The monoisotopic (exact) mass is 444 g/mol. The van der Waals surface area contributed by atoms with E-state index >= 15 is 0 Å². The third kappa shape index (κ3) is 4.11. The van der Waals surface area contributed by atoms with Gasteiger partial charge in [-0.25, -0.2) is 18.1 Å². The Labute approximate surface area is 182 Å². The molecule has 166 valence electrons. The summed E-state index contributed by atoms with van der Waals surface area (Å²) in [5, 5.41) is 5.32. The minimum atomic E-state index is -3.09. The maximum absolute atomic E-state index is 13.5. The van der Waals surface area contributed by atoms with Crippen molar-refractivity contribution in [1.82, 2.24) is 19.7 Å². The van der Waals surface area contributed by atoms with E-state index in [0.717, 1.165) is 12.8 Å². The molecule has 4 heterocycles. The van der Waals surface area contributed by atoms with E-state index in [1.165, 1.54) is 0 Å². The Morgan fingerprint density at radius 1 is 1.35 bits per heavy atom. The van der Waals surface area contributed by atoms with Crippen molar-refractivity contribution in [3.63, 3.8) is 0 Å². The average molecular weight is 445 g/mol. The van der Waals surface area contributed by atoms with Crippen LogP contribution in [0.1, 0.15) is 55.2 Å². The number of hydrogen-bond donors (Lipinski definition) is 0. The van der Waals surface area contributed by atoms with Gasteiger partial charge < -0.3 is 9.32 Å². The molecule has 0 saturated carbocycles. The summed E-state index contributed by atoms with van der Waals surface area (Å²) >= 11 is 0. The number of fused-ring (bicyclic) bond motifs is 1. The molecule has 1 saturated heterocycles. The fourth-order valence-electron chi connectivity index (χ4n) is 4.18. The summed E-state index contributed by atoms with van der Waals surface area (Å²) in [6.07, 6.45) is 3.98. The smallest absolute Gasteiger partial charge is 0.254 e. The first kappa shape index (κ1) is 21.5. The summed E-state index contributed by atoms with van der Waals surface area (Å²) in [5.74, 6) is 0.661. The number of sulfone groups is 1. The Morgan fingerprint density at radius 3 is 2.77 bits per heavy atom. The highest BCUT2D eigenvalue weighted by Crippen LogP contribution is 2.32. The van der Waals surface area contributed by atoms with Crippen molar-refractivity contribution in [2.45, 2.75) is 46.1 Å². The number of hydrogen-bond acceptors (Lipinski definition) is 6. The second-order valence-corrected chi connectivity index (χ2v) is 10.3. The first-order valence-electron chi connectivity index (χ1n) is 10.8. The predicted molar refractivity (Wildman–Crippen MR) is 119 cm³/mol. The van der Waals surface area contributed by atoms with Crippen LogP contribution in [0.3, 0.4) is 0 Å². The molecule has 4 rings (SSSR count). The van der Waals surface area contributed by atoms with E-state index in [9.17, 15) is 13.2 Å². The molecule has 8 nitrogen and oxygen atoms in total. The molecular weight excluding hydrogens is 416 g/mol. The number of pyridine rings is 1. The van der Waals surface area contributed by atoms with Crippen LogP contribution in [0.15, 0.2) is 28.9 Å². The van der Waals surface area contributed by atoms with Gasteiger partial charge in [0.05, 0.1) is 40.5 Å². The van der Waals surface area contributed by atoms with Crippen LogP contribution in [0.25, 0.3) is 22.5 Å². The van der Waals surface area contributed by atoms with Crippen LogP contribution in [0.5, 0.6) is 0 Å². The second kappa shape index (κ2) is 8.45. The van der Waals surface area contributed by atoms with Crippen LogP contribution in [-0.2, 0) is 9.84 Å². The minimum Gasteiger partial charge on any atom is -0.463 e. The van der Waals surface area contributed by atoms with Crippen LogP contribution in [-0.4, -0.2) is 58.6 Å². The van der Waals surface area contributed by atoms with Crippen molar-refractivity contribution in [1.29, 1.82) is 0 Å². The number of nitrogens with zero attached hydrogens (tertiary/aromatic N) is 4. The lowest BCUT2D eigenvalue weighted by molar-refractivity contribution is 0.0764. The van der Waals surface area contributed by atoms with Gasteiger partial charge in [0.15, 0.2) is 21.2 Å². The molecular formula is C22H28N4O4S. The zero-order valence-electron chi connectivity index (χ0n) is 18.2. The number of aryl methyl sites for hydroxylation is 1. The molecule has 1 aliphatic rings. The van der Waals surface area contributed by atoms with Gasteiger partial charge in [-0.05, 0) is 44.9 Å². The summed E-state index contributed by atoms with van der Waals surface area (Å²) < 4.78 is 31.4. The van der Waals surface area contributed by atoms with Crippen LogP contribution in [0, 0.1) is 6.92 Å². The highest BCUT2D eigenvalue weighted by atomic mass is 32.2. The maximum Gasteiger partial charge on any atom is 0.254 e. The zero-order valence-corrected chi connectivity index (χ0v) is 19.0. The summed E-state index contributed by atoms with van der Waals surface area (Å²) in [6.45, 7) is 7.20. The van der Waals surface area contributed by atoms with Gasteiger partial charge in [0, 0.05) is 13.1 Å². The normalized spacial score (nSPS) is 18.0. The van der Waals surface area contributed by atoms with Gasteiger partial charge in [-0.15, -0.1) is 0 Å². The number of aromatic nitrogens is 3. The Kier molecular flexibility index (Phi) is 5.88. The van der Waals surface area contributed by atoms with E-state index in [0.29, 0.717) is 53.3 Å². The predicted octanol–water partition coefficient (Wildman–Crippen LogP) is 3.62. The molecule has 31 heavy (non-hydrogen) atoms. The Hall–Kier alpha value is -2.68. The summed E-state index contributed by atoms with van der Waals surface area (Å²) in [5.41, 5.74) is 2.27. The fourth-order valence-corrected chi connectivity index (χ4v) is 5.87. The van der Waals surface area contributed by atoms with Gasteiger partial charge in [0.1, 0.15) is 5.69 Å². The van der Waals surface area contributed by atoms with E-state index in [1.54, 1.807) is 29.1 Å². The van der Waals surface area contributed by atoms with Crippen molar-refractivity contribution in [2.75, 3.05) is 24.6 Å². The van der Waals surface area contributed by atoms with Gasteiger partial charge in [0.2, 0.25) is 0 Å². The van der Waals surface area contributed by atoms with E-state index < -0.39 is 9.84 Å². The number of unbranched alkanes of at least 4 members (excludes halogenated alkanes) is 1. The molecule has 3 aromatic rings. The Morgan fingerprint density at radius 2 is 2.16 bits per heavy atom. The highest BCUT2D eigenvalue weighted by molar-refractivity contribution is 7.91. The third-order valence-corrected chi connectivity index (χ3v) is 7.60. The highest BCUT2D eigenvalue weighted by Gasteiger charge is 2.33. The topological polar surface area (TPSA) is 98.3 Å². The molecule has 1 atom stereocenters. The molecule has 9 heteroatoms. The van der Waals surface area contributed by atoms with Gasteiger partial charge in [0.25, 0.3) is 5.91 Å². The molecule has 1 amide bonds. The van der Waals surface area contributed by atoms with Crippen molar-refractivity contribution < 1.29 is 17.6 Å². The number of rotatable bonds is 7. The molecule has 3 aromatic heterocycles. The minimum absolute atomic E-state index is 0.0384. The van der Waals surface area contributed by atoms with Crippen LogP contribution < -0.4 is 0 Å². The quantitative estimate of drug-likeness (QED) is 0.552. The molecule has 1 fully saturated rings. The molecule has 0 aliphatic carbocycles. The van der Waals surface area contributed by atoms with E-state index in [2.05, 4.69) is 12.0 Å². The first-order chi connectivity index (χ1) is 14.8. The van der Waals surface area contributed by atoms with Crippen molar-refractivity contribution in [3.05, 3.63) is 35.7 Å². The van der Waals surface area contributed by atoms with Crippen LogP contribution in [0.2, 0.25) is 0 Å². The Bertz CT molecular complexity index is 1200. The second-order valence-electron chi connectivity index (χ2n) is 8.06. The standard InChI is InChI=1S/C22H28N4O4S/c1-4-6-10-25(5-2)22(27)17-13-18(19-8-7-11-30-19)23-21-20(17)15(3)24-26(21)16-9-12-31(28,29)14-16/h7-8,11,13,16H,4-6,9-10,12,14H2,1-3H3. The summed E-state index contributed by atoms with van der Waals surface area (Å²) in [7, 11) is -3.09. The lowest BCUT2D eigenvalue weighted by Crippen LogP contribution is -2.32. The molecule has 1 aliphatic heterocycles. The van der Waals surface area contributed by atoms with Crippen molar-refractivity contribution >= 4 is 26.8 Å². The SMILES string of the molecule is CCCCN(CC)C(=O)c1cc(-c2ccco2)nc2c1c(C)nn2C1CCS(=O)(=O)C1. The van der Waals surface area contributed by atoms with Gasteiger partial charge in [-0.3, -0.25) is 4.79 Å². The number of amides is 1. The van der Waals surface area contributed by atoms with Gasteiger partial charge in [-0.2, -0.15) is 5.10 Å². The lowest BCUT2D eigenvalue weighted by Gasteiger charge is -2.21. The van der Waals surface area contributed by atoms with Gasteiger partial charge in [-0.1, -0.05) is 13.3 Å². The first-order valence-corrected chi connectivity index (χ1v) is 12.6. The van der Waals surface area contributed by atoms with E-state index in [-0.39, 0.29) is 23.5 Å². The van der Waals surface area contributed by atoms with E-state index in [1.807, 2.05) is 18.7 Å². The maximum atomic E-state index is 13.5. The molecule has 0 aromatic carbocycles. The third-order valence-electron chi connectivity index (χ3n) is 5.85. The number of carbonyl (C=O) groups excluding carboxylic acids is 1. The number of carbonyl (C=O) groups is 1. The largest absolute Gasteiger partial charge is 0.463 e. The molecule has 0 spiro atoms. The average Bonchev–Trinajstić information content (AvgIpc) is 3.47. The summed E-state index contributed by atoms with van der Waals surface area (Å²) in [6, 6.07) is 5.05. The van der Waals surface area contributed by atoms with Crippen LogP contribution in [0.4, 0.5) is 0 Å². The summed E-state index contributed by atoms with van der Waals surface area (Å²) in [4.78, 5) is 20.1. The molecule has 0 bridgehead atoms. The Balaban J connectivity index is 1.89. The fraction of sp³-hybridized carbons (Fsp3) is 0.500. The molecule has 0 radical (unpaired) electrons.